The van der Waals surface area contributed by atoms with Gasteiger partial charge in [-0.05, 0) is 30.7 Å². The molecule has 0 saturated heterocycles. The SMILES string of the molecule is O=C(CCCOc1ccccc1)c1ccc(Br)cc1. The van der Waals surface area contributed by atoms with Gasteiger partial charge < -0.3 is 4.74 Å². The molecule has 0 atom stereocenters. The lowest BCUT2D eigenvalue weighted by Gasteiger charge is -2.05. The molecule has 0 spiro atoms. The summed E-state index contributed by atoms with van der Waals surface area (Å²) in [4.78, 5) is 11.9. The number of carbonyl (C=O) groups excluding carboxylic acids is 1. The van der Waals surface area contributed by atoms with Crippen molar-refractivity contribution in [1.82, 2.24) is 0 Å². The topological polar surface area (TPSA) is 26.3 Å². The molecule has 0 fully saturated rings. The molecule has 0 bridgehead atoms. The van der Waals surface area contributed by atoms with E-state index in [9.17, 15) is 4.79 Å². The second-order valence-electron chi connectivity index (χ2n) is 4.20. The zero-order chi connectivity index (χ0) is 13.5. The van der Waals surface area contributed by atoms with Crippen LogP contribution in [0.5, 0.6) is 5.75 Å². The third-order valence-corrected chi connectivity index (χ3v) is 3.25. The fourth-order valence-corrected chi connectivity index (χ4v) is 1.98. The lowest BCUT2D eigenvalue weighted by molar-refractivity contribution is 0.0973. The Kier molecular flexibility index (Phi) is 5.16. The van der Waals surface area contributed by atoms with Crippen molar-refractivity contribution in [2.75, 3.05) is 6.61 Å². The number of hydrogen-bond donors (Lipinski definition) is 0. The van der Waals surface area contributed by atoms with Crippen LogP contribution in [0.15, 0.2) is 59.1 Å². The molecule has 2 nitrogen and oxygen atoms in total. The van der Waals surface area contributed by atoms with E-state index in [0.717, 1.165) is 22.2 Å². The molecule has 0 aromatic heterocycles. The van der Waals surface area contributed by atoms with Crippen LogP contribution in [-0.4, -0.2) is 12.4 Å². The number of ketones is 1. The third-order valence-electron chi connectivity index (χ3n) is 2.73. The van der Waals surface area contributed by atoms with E-state index in [0.29, 0.717) is 13.0 Å². The maximum Gasteiger partial charge on any atom is 0.163 e. The van der Waals surface area contributed by atoms with Gasteiger partial charge in [0.2, 0.25) is 0 Å². The molecule has 0 aliphatic heterocycles. The highest BCUT2D eigenvalue weighted by Crippen LogP contribution is 2.13. The van der Waals surface area contributed by atoms with Gasteiger partial charge in [-0.25, -0.2) is 0 Å². The summed E-state index contributed by atoms with van der Waals surface area (Å²) in [7, 11) is 0. The number of Topliss-reactive ketones (excluding diaryl/α,β-unsaturated/α-hetero) is 1. The van der Waals surface area contributed by atoms with Crippen LogP contribution in [0.25, 0.3) is 0 Å². The van der Waals surface area contributed by atoms with Crippen molar-refractivity contribution < 1.29 is 9.53 Å². The van der Waals surface area contributed by atoms with E-state index >= 15 is 0 Å². The minimum Gasteiger partial charge on any atom is -0.494 e. The number of rotatable bonds is 6. The van der Waals surface area contributed by atoms with Crippen molar-refractivity contribution in [3.05, 3.63) is 64.6 Å². The van der Waals surface area contributed by atoms with Crippen molar-refractivity contribution in [1.29, 1.82) is 0 Å². The minimum absolute atomic E-state index is 0.157. The number of benzene rings is 2. The van der Waals surface area contributed by atoms with Crippen molar-refractivity contribution in [3.63, 3.8) is 0 Å². The molecule has 0 unspecified atom stereocenters. The van der Waals surface area contributed by atoms with E-state index in [-0.39, 0.29) is 5.78 Å². The Hall–Kier alpha value is -1.61. The van der Waals surface area contributed by atoms with Gasteiger partial charge in [0, 0.05) is 16.5 Å². The van der Waals surface area contributed by atoms with Crippen molar-refractivity contribution in [2.45, 2.75) is 12.8 Å². The molecule has 2 aromatic rings. The summed E-state index contributed by atoms with van der Waals surface area (Å²) in [5.41, 5.74) is 0.753. The van der Waals surface area contributed by atoms with Crippen LogP contribution in [0.3, 0.4) is 0 Å². The summed E-state index contributed by atoms with van der Waals surface area (Å²) < 4.78 is 6.53. The smallest absolute Gasteiger partial charge is 0.163 e. The molecular weight excluding hydrogens is 304 g/mol. The zero-order valence-corrected chi connectivity index (χ0v) is 12.1. The van der Waals surface area contributed by atoms with Crippen molar-refractivity contribution in [3.8, 4) is 5.75 Å². The normalized spacial score (nSPS) is 10.2. The first-order valence-electron chi connectivity index (χ1n) is 6.22. The highest BCUT2D eigenvalue weighted by molar-refractivity contribution is 9.10. The van der Waals surface area contributed by atoms with Gasteiger partial charge in [-0.1, -0.05) is 46.3 Å². The summed E-state index contributed by atoms with van der Waals surface area (Å²) >= 11 is 3.35. The molecule has 0 aliphatic rings. The average molecular weight is 319 g/mol. The average Bonchev–Trinajstić information content (AvgIpc) is 2.45. The Morgan fingerprint density at radius 2 is 1.68 bits per heavy atom. The monoisotopic (exact) mass is 318 g/mol. The van der Waals surface area contributed by atoms with Crippen LogP contribution in [0.4, 0.5) is 0 Å². The molecule has 3 heteroatoms. The van der Waals surface area contributed by atoms with Gasteiger partial charge in [-0.3, -0.25) is 4.79 Å². The van der Waals surface area contributed by atoms with E-state index in [1.807, 2.05) is 54.6 Å². The van der Waals surface area contributed by atoms with Crippen molar-refractivity contribution in [2.24, 2.45) is 0 Å². The molecule has 2 rings (SSSR count). The first kappa shape index (κ1) is 13.8. The Bertz CT molecular complexity index is 520. The van der Waals surface area contributed by atoms with Gasteiger partial charge in [0.05, 0.1) is 6.61 Å². The number of para-hydroxylation sites is 1. The second kappa shape index (κ2) is 7.10. The molecule has 0 heterocycles. The Balaban J connectivity index is 1.74. The van der Waals surface area contributed by atoms with E-state index in [4.69, 9.17) is 4.74 Å². The number of halogens is 1. The Morgan fingerprint density at radius 3 is 2.37 bits per heavy atom. The lowest BCUT2D eigenvalue weighted by Crippen LogP contribution is -2.03. The van der Waals surface area contributed by atoms with Gasteiger partial charge in [0.15, 0.2) is 5.78 Å². The molecule has 0 aliphatic carbocycles. The van der Waals surface area contributed by atoms with E-state index in [1.165, 1.54) is 0 Å². The second-order valence-corrected chi connectivity index (χ2v) is 5.11. The largest absolute Gasteiger partial charge is 0.494 e. The molecule has 98 valence electrons. The summed E-state index contributed by atoms with van der Waals surface area (Å²) in [5, 5.41) is 0. The van der Waals surface area contributed by atoms with Crippen LogP contribution in [0.1, 0.15) is 23.2 Å². The van der Waals surface area contributed by atoms with E-state index in [1.54, 1.807) is 0 Å². The molecule has 0 N–H and O–H groups in total. The number of hydrogen-bond acceptors (Lipinski definition) is 2. The van der Waals surface area contributed by atoms with Crippen LogP contribution in [0.2, 0.25) is 0 Å². The van der Waals surface area contributed by atoms with Crippen molar-refractivity contribution >= 4 is 21.7 Å². The maximum atomic E-state index is 11.9. The predicted molar refractivity (Wildman–Crippen MR) is 79.6 cm³/mol. The van der Waals surface area contributed by atoms with Crippen LogP contribution in [-0.2, 0) is 0 Å². The van der Waals surface area contributed by atoms with Gasteiger partial charge in [-0.15, -0.1) is 0 Å². The lowest BCUT2D eigenvalue weighted by atomic mass is 10.1. The quantitative estimate of drug-likeness (QED) is 0.579. The van der Waals surface area contributed by atoms with Gasteiger partial charge >= 0.3 is 0 Å². The molecule has 2 aromatic carbocycles. The summed E-state index contributed by atoms with van der Waals surface area (Å²) in [6, 6.07) is 17.1. The fourth-order valence-electron chi connectivity index (χ4n) is 1.72. The van der Waals surface area contributed by atoms with Gasteiger partial charge in [0.1, 0.15) is 5.75 Å². The van der Waals surface area contributed by atoms with Crippen LogP contribution < -0.4 is 4.74 Å². The first-order chi connectivity index (χ1) is 9.25. The number of carbonyl (C=O) groups is 1. The number of ether oxygens (including phenoxy) is 1. The summed E-state index contributed by atoms with van der Waals surface area (Å²) in [5.74, 6) is 1.00. The molecule has 0 saturated carbocycles. The molecule has 0 amide bonds. The van der Waals surface area contributed by atoms with Gasteiger partial charge in [-0.2, -0.15) is 0 Å². The standard InChI is InChI=1S/C16H15BrO2/c17-14-10-8-13(9-11-14)16(18)7-4-12-19-15-5-2-1-3-6-15/h1-3,5-6,8-11H,4,7,12H2. The Labute approximate surface area is 121 Å². The maximum absolute atomic E-state index is 11.9. The summed E-state index contributed by atoms with van der Waals surface area (Å²) in [6.45, 7) is 0.562. The first-order valence-corrected chi connectivity index (χ1v) is 7.01. The van der Waals surface area contributed by atoms with Crippen LogP contribution in [0, 0.1) is 0 Å². The van der Waals surface area contributed by atoms with E-state index in [2.05, 4.69) is 15.9 Å². The highest BCUT2D eigenvalue weighted by atomic mass is 79.9. The van der Waals surface area contributed by atoms with Crippen LogP contribution >= 0.6 is 15.9 Å². The van der Waals surface area contributed by atoms with E-state index < -0.39 is 0 Å². The molecular formula is C16H15BrO2. The Morgan fingerprint density at radius 1 is 1.00 bits per heavy atom. The molecule has 0 radical (unpaired) electrons. The zero-order valence-electron chi connectivity index (χ0n) is 10.5. The molecule has 19 heavy (non-hydrogen) atoms. The third kappa shape index (κ3) is 4.52. The highest BCUT2D eigenvalue weighted by Gasteiger charge is 2.05. The van der Waals surface area contributed by atoms with Gasteiger partial charge in [0.25, 0.3) is 0 Å². The summed E-state index contributed by atoms with van der Waals surface area (Å²) in [6.07, 6.45) is 1.23. The fraction of sp³-hybridized carbons (Fsp3) is 0.188. The predicted octanol–water partition coefficient (Wildman–Crippen LogP) is 4.49. The minimum atomic E-state index is 0.157.